The number of carbonyl (C=O) groups excluding carboxylic acids is 2. The number of ether oxygens (including phenoxy) is 1. The van der Waals surface area contributed by atoms with E-state index in [1.807, 2.05) is 30.3 Å². The molecule has 8 nitrogen and oxygen atoms in total. The van der Waals surface area contributed by atoms with Gasteiger partial charge in [0.2, 0.25) is 5.91 Å². The van der Waals surface area contributed by atoms with Gasteiger partial charge < -0.3 is 20.7 Å². The fraction of sp³-hybridized carbons (Fsp3) is 0.250. The molecule has 2 aromatic carbocycles. The molecule has 0 saturated carbocycles. The Balaban J connectivity index is 1.48. The third-order valence-corrected chi connectivity index (χ3v) is 5.60. The van der Waals surface area contributed by atoms with Gasteiger partial charge in [-0.2, -0.15) is 0 Å². The average molecular weight is 431 g/mol. The fourth-order valence-corrected chi connectivity index (χ4v) is 3.88. The summed E-state index contributed by atoms with van der Waals surface area (Å²) in [6.07, 6.45) is 3.16. The normalized spacial score (nSPS) is 15.8. The number of para-hydroxylation sites is 1. The van der Waals surface area contributed by atoms with Crippen molar-refractivity contribution in [1.82, 2.24) is 9.97 Å². The first kappa shape index (κ1) is 21.3. The Labute approximate surface area is 186 Å². The van der Waals surface area contributed by atoms with Gasteiger partial charge in [0.25, 0.3) is 5.91 Å². The summed E-state index contributed by atoms with van der Waals surface area (Å²) < 4.78 is 5.22. The number of amides is 2. The van der Waals surface area contributed by atoms with Crippen LogP contribution in [0, 0.1) is 5.92 Å². The van der Waals surface area contributed by atoms with E-state index in [0.717, 1.165) is 42.2 Å². The van der Waals surface area contributed by atoms with Crippen molar-refractivity contribution in [3.8, 4) is 17.0 Å². The van der Waals surface area contributed by atoms with E-state index in [2.05, 4.69) is 20.2 Å². The summed E-state index contributed by atoms with van der Waals surface area (Å²) in [5.74, 6) is 0.627. The minimum atomic E-state index is -0.571. The van der Waals surface area contributed by atoms with Gasteiger partial charge in [-0.3, -0.25) is 9.59 Å². The minimum Gasteiger partial charge on any atom is -0.497 e. The number of piperidine rings is 1. The van der Waals surface area contributed by atoms with Crippen LogP contribution in [0.4, 0.5) is 11.5 Å². The van der Waals surface area contributed by atoms with Gasteiger partial charge in [0.05, 0.1) is 30.0 Å². The van der Waals surface area contributed by atoms with Crippen molar-refractivity contribution in [2.75, 3.05) is 30.4 Å². The number of nitrogens with one attached hydrogen (secondary N) is 1. The maximum Gasteiger partial charge on any atom is 0.250 e. The Kier molecular flexibility index (Phi) is 6.30. The summed E-state index contributed by atoms with van der Waals surface area (Å²) in [6.45, 7) is 1.34. The van der Waals surface area contributed by atoms with E-state index >= 15 is 0 Å². The van der Waals surface area contributed by atoms with Crippen LogP contribution in [0.2, 0.25) is 0 Å². The van der Waals surface area contributed by atoms with Crippen LogP contribution in [0.15, 0.2) is 60.9 Å². The SMILES string of the molecule is COc1ccc(-c2cc(N3CCC[C@@H](C(=O)Nc4ccccc4C(N)=O)C3)ncn2)cc1. The Morgan fingerprint density at radius 1 is 1.12 bits per heavy atom. The number of benzene rings is 2. The summed E-state index contributed by atoms with van der Waals surface area (Å²) >= 11 is 0. The zero-order valence-electron chi connectivity index (χ0n) is 17.8. The molecule has 0 spiro atoms. The second kappa shape index (κ2) is 9.47. The number of hydrogen-bond acceptors (Lipinski definition) is 6. The zero-order valence-corrected chi connectivity index (χ0v) is 17.8. The van der Waals surface area contributed by atoms with Gasteiger partial charge in [-0.15, -0.1) is 0 Å². The van der Waals surface area contributed by atoms with Crippen LogP contribution in [-0.4, -0.2) is 42.0 Å². The Hall–Kier alpha value is -3.94. The zero-order chi connectivity index (χ0) is 22.5. The highest BCUT2D eigenvalue weighted by Gasteiger charge is 2.27. The molecule has 2 amide bonds. The van der Waals surface area contributed by atoms with Crippen LogP contribution < -0.4 is 20.7 Å². The highest BCUT2D eigenvalue weighted by Crippen LogP contribution is 2.27. The van der Waals surface area contributed by atoms with Crippen molar-refractivity contribution >= 4 is 23.3 Å². The summed E-state index contributed by atoms with van der Waals surface area (Å²) in [4.78, 5) is 35.5. The molecule has 0 radical (unpaired) electrons. The Morgan fingerprint density at radius 3 is 2.66 bits per heavy atom. The number of methoxy groups -OCH3 is 1. The molecule has 1 aromatic heterocycles. The number of nitrogens with zero attached hydrogens (tertiary/aromatic N) is 3. The van der Waals surface area contributed by atoms with Crippen LogP contribution >= 0.6 is 0 Å². The number of hydrogen-bond donors (Lipinski definition) is 2. The van der Waals surface area contributed by atoms with E-state index in [0.29, 0.717) is 17.8 Å². The van der Waals surface area contributed by atoms with E-state index in [1.54, 1.807) is 37.7 Å². The second-order valence-electron chi connectivity index (χ2n) is 7.67. The second-order valence-corrected chi connectivity index (χ2v) is 7.67. The highest BCUT2D eigenvalue weighted by molar-refractivity contribution is 6.03. The van der Waals surface area contributed by atoms with E-state index in [4.69, 9.17) is 10.5 Å². The predicted octanol–water partition coefficient (Wildman–Crippen LogP) is 3.11. The van der Waals surface area contributed by atoms with E-state index < -0.39 is 5.91 Å². The molecule has 3 aromatic rings. The maximum absolute atomic E-state index is 12.9. The van der Waals surface area contributed by atoms with Crippen LogP contribution in [-0.2, 0) is 4.79 Å². The van der Waals surface area contributed by atoms with Crippen LogP contribution in [0.1, 0.15) is 23.2 Å². The lowest BCUT2D eigenvalue weighted by atomic mass is 9.96. The van der Waals surface area contributed by atoms with E-state index in [9.17, 15) is 9.59 Å². The minimum absolute atomic E-state index is 0.132. The summed E-state index contributed by atoms with van der Waals surface area (Å²) in [7, 11) is 1.63. The number of anilines is 2. The smallest absolute Gasteiger partial charge is 0.250 e. The van der Waals surface area contributed by atoms with Crippen molar-refractivity contribution in [1.29, 1.82) is 0 Å². The van der Waals surface area contributed by atoms with Gasteiger partial charge in [-0.1, -0.05) is 12.1 Å². The summed E-state index contributed by atoms with van der Waals surface area (Å²) in [5.41, 5.74) is 7.93. The molecule has 3 N–H and O–H groups in total. The van der Waals surface area contributed by atoms with Gasteiger partial charge in [0, 0.05) is 24.7 Å². The quantitative estimate of drug-likeness (QED) is 0.621. The number of primary amides is 1. The number of nitrogens with two attached hydrogens (primary N) is 1. The van der Waals surface area contributed by atoms with Gasteiger partial charge in [0.1, 0.15) is 17.9 Å². The van der Waals surface area contributed by atoms with Crippen molar-refractivity contribution in [3.05, 3.63) is 66.5 Å². The van der Waals surface area contributed by atoms with Crippen LogP contribution in [0.25, 0.3) is 11.3 Å². The third-order valence-electron chi connectivity index (χ3n) is 5.60. The molecule has 32 heavy (non-hydrogen) atoms. The van der Waals surface area contributed by atoms with Crippen LogP contribution in [0.3, 0.4) is 0 Å². The number of rotatable bonds is 6. The first-order chi connectivity index (χ1) is 15.5. The molecule has 0 aliphatic carbocycles. The first-order valence-corrected chi connectivity index (χ1v) is 10.5. The number of aromatic nitrogens is 2. The molecule has 0 unspecified atom stereocenters. The van der Waals surface area contributed by atoms with Crippen molar-refractivity contribution in [2.45, 2.75) is 12.8 Å². The van der Waals surface area contributed by atoms with Gasteiger partial charge >= 0.3 is 0 Å². The lowest BCUT2D eigenvalue weighted by Gasteiger charge is -2.33. The van der Waals surface area contributed by atoms with Gasteiger partial charge in [-0.05, 0) is 49.2 Å². The topological polar surface area (TPSA) is 110 Å². The molecule has 4 rings (SSSR count). The lowest BCUT2D eigenvalue weighted by Crippen LogP contribution is -2.41. The predicted molar refractivity (Wildman–Crippen MR) is 123 cm³/mol. The van der Waals surface area contributed by atoms with E-state index in [1.165, 1.54) is 0 Å². The summed E-state index contributed by atoms with van der Waals surface area (Å²) in [6, 6.07) is 16.4. The number of carbonyl (C=O) groups is 2. The standard InChI is InChI=1S/C24H25N5O3/c1-32-18-10-8-16(9-11-18)21-13-22(27-15-26-21)29-12-4-5-17(14-29)24(31)28-20-7-3-2-6-19(20)23(25)30/h2-3,6-11,13,15,17H,4-5,12,14H2,1H3,(H2,25,30)(H,28,31)/t17-/m1/s1. The molecule has 1 saturated heterocycles. The molecule has 0 bridgehead atoms. The molecule has 8 heteroatoms. The molecule has 164 valence electrons. The molecule has 1 aliphatic rings. The van der Waals surface area contributed by atoms with Crippen molar-refractivity contribution < 1.29 is 14.3 Å². The Morgan fingerprint density at radius 2 is 1.91 bits per heavy atom. The molecular formula is C24H25N5O3. The van der Waals surface area contributed by atoms with Crippen molar-refractivity contribution in [3.63, 3.8) is 0 Å². The third kappa shape index (κ3) is 4.69. The first-order valence-electron chi connectivity index (χ1n) is 10.5. The van der Waals surface area contributed by atoms with Gasteiger partial charge in [-0.25, -0.2) is 9.97 Å². The monoisotopic (exact) mass is 431 g/mol. The lowest BCUT2D eigenvalue weighted by molar-refractivity contribution is -0.120. The summed E-state index contributed by atoms with van der Waals surface area (Å²) in [5, 5.41) is 2.87. The van der Waals surface area contributed by atoms with Gasteiger partial charge in [0.15, 0.2) is 0 Å². The molecule has 2 heterocycles. The fourth-order valence-electron chi connectivity index (χ4n) is 3.88. The molecule has 1 aliphatic heterocycles. The largest absolute Gasteiger partial charge is 0.497 e. The van der Waals surface area contributed by atoms with E-state index in [-0.39, 0.29) is 11.8 Å². The molecule has 1 fully saturated rings. The average Bonchev–Trinajstić information content (AvgIpc) is 2.84. The Bertz CT molecular complexity index is 1120. The highest BCUT2D eigenvalue weighted by atomic mass is 16.5. The molecule has 1 atom stereocenters. The van der Waals surface area contributed by atoms with Crippen LogP contribution in [0.5, 0.6) is 5.75 Å². The maximum atomic E-state index is 12.9. The molecular weight excluding hydrogens is 406 g/mol. The van der Waals surface area contributed by atoms with Crippen molar-refractivity contribution in [2.24, 2.45) is 11.7 Å².